The van der Waals surface area contributed by atoms with Crippen molar-refractivity contribution >= 4 is 5.97 Å². The van der Waals surface area contributed by atoms with Crippen LogP contribution < -0.4 is 0 Å². The van der Waals surface area contributed by atoms with Crippen LogP contribution in [-0.2, 0) is 9.47 Å². The summed E-state index contributed by atoms with van der Waals surface area (Å²) in [5.41, 5.74) is 0.578. The van der Waals surface area contributed by atoms with Gasteiger partial charge in [0.05, 0.1) is 11.8 Å². The highest BCUT2D eigenvalue weighted by molar-refractivity contribution is 5.89. The molecule has 0 fully saturated rings. The highest BCUT2D eigenvalue weighted by Gasteiger charge is 2.14. The lowest BCUT2D eigenvalue weighted by Crippen LogP contribution is -2.21. The van der Waals surface area contributed by atoms with Gasteiger partial charge in [0.25, 0.3) is 0 Å². The Balaban J connectivity index is 1.82. The minimum absolute atomic E-state index is 0.00216. The minimum atomic E-state index is -0.293. The van der Waals surface area contributed by atoms with Crippen LogP contribution in [-0.4, -0.2) is 18.7 Å². The second-order valence-electron chi connectivity index (χ2n) is 3.67. The average Bonchev–Trinajstić information content (AvgIpc) is 2.38. The van der Waals surface area contributed by atoms with Gasteiger partial charge in [-0.15, -0.1) is 0 Å². The number of hydrogen-bond acceptors (Lipinski definition) is 3. The van der Waals surface area contributed by atoms with Crippen molar-refractivity contribution in [3.05, 3.63) is 48.2 Å². The van der Waals surface area contributed by atoms with E-state index in [9.17, 15) is 4.79 Å². The molecule has 0 unspecified atom stereocenters. The maximum Gasteiger partial charge on any atom is 0.338 e. The fourth-order valence-corrected chi connectivity index (χ4v) is 1.53. The van der Waals surface area contributed by atoms with Crippen molar-refractivity contribution in [2.45, 2.75) is 18.9 Å². The Morgan fingerprint density at radius 1 is 1.38 bits per heavy atom. The molecule has 0 saturated carbocycles. The highest BCUT2D eigenvalue weighted by Crippen LogP contribution is 2.11. The first kappa shape index (κ1) is 10.7. The van der Waals surface area contributed by atoms with Gasteiger partial charge in [-0.3, -0.25) is 0 Å². The van der Waals surface area contributed by atoms with Gasteiger partial charge in [-0.2, -0.15) is 0 Å². The van der Waals surface area contributed by atoms with Crippen molar-refractivity contribution < 1.29 is 14.3 Å². The van der Waals surface area contributed by atoms with Crippen LogP contribution in [0, 0.1) is 0 Å². The zero-order chi connectivity index (χ0) is 11.2. The second kappa shape index (κ2) is 5.35. The molecule has 1 aliphatic heterocycles. The molecule has 0 aliphatic carbocycles. The first-order chi connectivity index (χ1) is 7.86. The first-order valence-electron chi connectivity index (χ1n) is 5.39. The van der Waals surface area contributed by atoms with Gasteiger partial charge < -0.3 is 9.47 Å². The molecule has 0 saturated heterocycles. The topological polar surface area (TPSA) is 35.5 Å². The predicted octanol–water partition coefficient (Wildman–Crippen LogP) is 2.54. The van der Waals surface area contributed by atoms with Crippen molar-refractivity contribution in [2.75, 3.05) is 6.61 Å². The molecular weight excluding hydrogens is 204 g/mol. The summed E-state index contributed by atoms with van der Waals surface area (Å²) in [6, 6.07) is 8.98. The van der Waals surface area contributed by atoms with Gasteiger partial charge in [-0.05, 0) is 31.1 Å². The van der Waals surface area contributed by atoms with Crippen LogP contribution in [0.4, 0.5) is 0 Å². The van der Waals surface area contributed by atoms with E-state index in [0.29, 0.717) is 12.2 Å². The van der Waals surface area contributed by atoms with Crippen molar-refractivity contribution in [3.63, 3.8) is 0 Å². The molecule has 16 heavy (non-hydrogen) atoms. The molecule has 0 radical (unpaired) electrons. The lowest BCUT2D eigenvalue weighted by Gasteiger charge is -2.18. The van der Waals surface area contributed by atoms with E-state index in [1.54, 1.807) is 18.4 Å². The van der Waals surface area contributed by atoms with E-state index < -0.39 is 0 Å². The fourth-order valence-electron chi connectivity index (χ4n) is 1.53. The Bertz CT molecular complexity index is 370. The Hall–Kier alpha value is -1.77. The van der Waals surface area contributed by atoms with Gasteiger partial charge in [-0.25, -0.2) is 4.79 Å². The number of carbonyl (C=O) groups is 1. The third kappa shape index (κ3) is 2.86. The lowest BCUT2D eigenvalue weighted by molar-refractivity contribution is 0.0165. The van der Waals surface area contributed by atoms with Crippen molar-refractivity contribution in [1.29, 1.82) is 0 Å². The number of carbonyl (C=O) groups excluding carboxylic acids is 1. The summed E-state index contributed by atoms with van der Waals surface area (Å²) in [5, 5.41) is 0. The summed E-state index contributed by atoms with van der Waals surface area (Å²) in [4.78, 5) is 11.6. The average molecular weight is 218 g/mol. The van der Waals surface area contributed by atoms with E-state index in [0.717, 1.165) is 12.8 Å². The summed E-state index contributed by atoms with van der Waals surface area (Å²) in [7, 11) is 0. The molecule has 1 aromatic rings. The molecule has 3 nitrogen and oxygen atoms in total. The lowest BCUT2D eigenvalue weighted by atomic mass is 10.2. The molecule has 0 amide bonds. The molecular formula is C13H14O3. The highest BCUT2D eigenvalue weighted by atomic mass is 16.6. The molecule has 1 atom stereocenters. The number of allylic oxidation sites excluding steroid dienone is 1. The van der Waals surface area contributed by atoms with E-state index in [1.807, 2.05) is 24.3 Å². The van der Waals surface area contributed by atoms with Gasteiger partial charge in [0.1, 0.15) is 12.7 Å². The Kier molecular flexibility index (Phi) is 3.59. The maximum atomic E-state index is 11.6. The number of rotatable bonds is 3. The second-order valence-corrected chi connectivity index (χ2v) is 3.67. The Labute approximate surface area is 94.7 Å². The van der Waals surface area contributed by atoms with Crippen LogP contribution in [0.5, 0.6) is 0 Å². The summed E-state index contributed by atoms with van der Waals surface area (Å²) in [5.74, 6) is -0.293. The quantitative estimate of drug-likeness (QED) is 0.731. The van der Waals surface area contributed by atoms with Crippen molar-refractivity contribution in [1.82, 2.24) is 0 Å². The summed E-state index contributed by atoms with van der Waals surface area (Å²) in [6.07, 6.45) is 5.52. The van der Waals surface area contributed by atoms with Crippen LogP contribution in [0.2, 0.25) is 0 Å². The predicted molar refractivity (Wildman–Crippen MR) is 60.0 cm³/mol. The van der Waals surface area contributed by atoms with Gasteiger partial charge >= 0.3 is 5.97 Å². The van der Waals surface area contributed by atoms with Gasteiger partial charge in [0.2, 0.25) is 0 Å². The number of hydrogen-bond donors (Lipinski definition) is 0. The molecule has 0 spiro atoms. The third-order valence-electron chi connectivity index (χ3n) is 2.43. The minimum Gasteiger partial charge on any atom is -0.495 e. The SMILES string of the molecule is O=C(OC[C@@H]1CCC=CO1)c1ccccc1. The van der Waals surface area contributed by atoms with Crippen LogP contribution >= 0.6 is 0 Å². The maximum absolute atomic E-state index is 11.6. The van der Waals surface area contributed by atoms with E-state index in [4.69, 9.17) is 9.47 Å². The number of esters is 1. The molecule has 0 N–H and O–H groups in total. The van der Waals surface area contributed by atoms with Gasteiger partial charge in [0, 0.05) is 0 Å². The molecule has 3 heteroatoms. The molecule has 0 bridgehead atoms. The van der Waals surface area contributed by atoms with Crippen LogP contribution in [0.15, 0.2) is 42.7 Å². The zero-order valence-electron chi connectivity index (χ0n) is 8.96. The van der Waals surface area contributed by atoms with E-state index in [-0.39, 0.29) is 12.1 Å². The normalized spacial score (nSPS) is 18.9. The molecule has 84 valence electrons. The largest absolute Gasteiger partial charge is 0.495 e. The fraction of sp³-hybridized carbons (Fsp3) is 0.308. The van der Waals surface area contributed by atoms with Gasteiger partial charge in [-0.1, -0.05) is 18.2 Å². The van der Waals surface area contributed by atoms with Crippen LogP contribution in [0.3, 0.4) is 0 Å². The molecule has 1 aromatic carbocycles. The van der Waals surface area contributed by atoms with Gasteiger partial charge in [0.15, 0.2) is 0 Å². The van der Waals surface area contributed by atoms with Crippen molar-refractivity contribution in [3.8, 4) is 0 Å². The molecule has 1 aliphatic rings. The standard InChI is InChI=1S/C13H14O3/c14-13(11-6-2-1-3-7-11)16-10-12-8-4-5-9-15-12/h1-3,5-7,9,12H,4,8,10H2/t12-/m0/s1. The first-order valence-corrected chi connectivity index (χ1v) is 5.39. The third-order valence-corrected chi connectivity index (χ3v) is 2.43. The monoisotopic (exact) mass is 218 g/mol. The summed E-state index contributed by atoms with van der Waals surface area (Å²) < 4.78 is 10.5. The van der Waals surface area contributed by atoms with Crippen LogP contribution in [0.1, 0.15) is 23.2 Å². The smallest absolute Gasteiger partial charge is 0.338 e. The zero-order valence-corrected chi connectivity index (χ0v) is 8.96. The molecule has 1 heterocycles. The van der Waals surface area contributed by atoms with E-state index in [2.05, 4.69) is 0 Å². The Morgan fingerprint density at radius 2 is 2.19 bits per heavy atom. The van der Waals surface area contributed by atoms with E-state index in [1.165, 1.54) is 0 Å². The molecule has 0 aromatic heterocycles. The summed E-state index contributed by atoms with van der Waals surface area (Å²) in [6.45, 7) is 0.318. The molecule has 2 rings (SSSR count). The summed E-state index contributed by atoms with van der Waals surface area (Å²) >= 11 is 0. The number of benzene rings is 1. The number of ether oxygens (including phenoxy) is 2. The van der Waals surface area contributed by atoms with Crippen molar-refractivity contribution in [2.24, 2.45) is 0 Å². The van der Waals surface area contributed by atoms with E-state index >= 15 is 0 Å². The van der Waals surface area contributed by atoms with Crippen LogP contribution in [0.25, 0.3) is 0 Å². The Morgan fingerprint density at radius 3 is 2.88 bits per heavy atom.